The number of fused-ring (bicyclic) bond motifs is 1. The van der Waals surface area contributed by atoms with Gasteiger partial charge in [0.15, 0.2) is 5.82 Å². The average Bonchev–Trinajstić information content (AvgIpc) is 3.15. The Kier molecular flexibility index (Phi) is 2.82. The van der Waals surface area contributed by atoms with Crippen LogP contribution in [-0.4, -0.2) is 38.5 Å². The highest BCUT2D eigenvalue weighted by Gasteiger charge is 2.20. The smallest absolute Gasteiger partial charge is 0.162 e. The highest BCUT2D eigenvalue weighted by atomic mass is 15.2. The summed E-state index contributed by atoms with van der Waals surface area (Å²) in [7, 11) is 0. The van der Waals surface area contributed by atoms with Crippen molar-refractivity contribution in [2.75, 3.05) is 18.0 Å². The van der Waals surface area contributed by atoms with Crippen molar-refractivity contribution >= 4 is 11.5 Å². The molecule has 1 unspecified atom stereocenters. The Balaban J connectivity index is 1.71. The van der Waals surface area contributed by atoms with Gasteiger partial charge in [-0.1, -0.05) is 0 Å². The maximum atomic E-state index is 5.97. The van der Waals surface area contributed by atoms with E-state index in [4.69, 9.17) is 5.73 Å². The molecule has 4 rings (SSSR count). The first kappa shape index (κ1) is 12.3. The van der Waals surface area contributed by atoms with Crippen molar-refractivity contribution in [2.45, 2.75) is 12.5 Å². The molecule has 0 radical (unpaired) electrons. The quantitative estimate of drug-likeness (QED) is 0.766. The van der Waals surface area contributed by atoms with Gasteiger partial charge < -0.3 is 15.0 Å². The Bertz CT molecular complexity index is 780. The Morgan fingerprint density at radius 3 is 2.95 bits per heavy atom. The van der Waals surface area contributed by atoms with E-state index in [1.165, 1.54) is 0 Å². The number of imidazole rings is 1. The molecule has 2 N–H and O–H groups in total. The highest BCUT2D eigenvalue weighted by molar-refractivity contribution is 5.59. The predicted molar refractivity (Wildman–Crippen MR) is 81.0 cm³/mol. The number of nitrogens with two attached hydrogens (primary N) is 1. The molecule has 0 saturated carbocycles. The molecule has 0 bridgehead atoms. The molecule has 0 aromatic carbocycles. The fourth-order valence-electron chi connectivity index (χ4n) is 2.71. The minimum Gasteiger partial charge on any atom is -0.355 e. The van der Waals surface area contributed by atoms with Crippen LogP contribution in [0.25, 0.3) is 17.0 Å². The molecule has 0 amide bonds. The van der Waals surface area contributed by atoms with E-state index < -0.39 is 0 Å². The molecule has 6 nitrogen and oxygen atoms in total. The first-order valence-corrected chi connectivity index (χ1v) is 7.06. The van der Waals surface area contributed by atoms with Crippen molar-refractivity contribution in [3.63, 3.8) is 0 Å². The second-order valence-corrected chi connectivity index (χ2v) is 5.34. The molecule has 4 heterocycles. The number of rotatable bonds is 2. The van der Waals surface area contributed by atoms with Crippen LogP contribution in [0.3, 0.4) is 0 Å². The molecule has 1 saturated heterocycles. The molecule has 1 aliphatic rings. The van der Waals surface area contributed by atoms with Crippen molar-refractivity contribution in [1.82, 2.24) is 19.4 Å². The standard InChI is InChI=1S/C15H16N6/c16-12-4-7-20(10-12)14-3-5-18-15(19-14)11-1-2-13-17-6-8-21(13)9-11/h1-3,5-6,8-9,12H,4,7,10,16H2. The van der Waals surface area contributed by atoms with Crippen LogP contribution in [0, 0.1) is 0 Å². The molecular weight excluding hydrogens is 264 g/mol. The Hall–Kier alpha value is -2.47. The summed E-state index contributed by atoms with van der Waals surface area (Å²) in [5.41, 5.74) is 7.86. The molecular formula is C15H16N6. The lowest BCUT2D eigenvalue weighted by atomic mass is 10.2. The number of anilines is 1. The molecule has 1 atom stereocenters. The summed E-state index contributed by atoms with van der Waals surface area (Å²) >= 11 is 0. The van der Waals surface area contributed by atoms with E-state index in [0.717, 1.165) is 42.4 Å². The van der Waals surface area contributed by atoms with E-state index in [1.54, 1.807) is 12.4 Å². The SMILES string of the molecule is NC1CCN(c2ccnc(-c3ccc4nccn4c3)n2)C1. The van der Waals surface area contributed by atoms with Gasteiger partial charge in [-0.3, -0.25) is 0 Å². The molecule has 3 aromatic rings. The fraction of sp³-hybridized carbons (Fsp3) is 0.267. The van der Waals surface area contributed by atoms with E-state index in [9.17, 15) is 0 Å². The largest absolute Gasteiger partial charge is 0.355 e. The van der Waals surface area contributed by atoms with E-state index in [0.29, 0.717) is 0 Å². The van der Waals surface area contributed by atoms with Gasteiger partial charge in [0.1, 0.15) is 11.5 Å². The third-order valence-electron chi connectivity index (χ3n) is 3.84. The summed E-state index contributed by atoms with van der Waals surface area (Å²) in [6, 6.07) is 6.15. The average molecular weight is 280 g/mol. The van der Waals surface area contributed by atoms with Gasteiger partial charge in [0.2, 0.25) is 0 Å². The molecule has 3 aromatic heterocycles. The molecule has 1 fully saturated rings. The van der Waals surface area contributed by atoms with Crippen LogP contribution in [0.1, 0.15) is 6.42 Å². The number of hydrogen-bond donors (Lipinski definition) is 1. The van der Waals surface area contributed by atoms with Gasteiger partial charge in [0.05, 0.1) is 0 Å². The van der Waals surface area contributed by atoms with Crippen LogP contribution in [0.4, 0.5) is 5.82 Å². The summed E-state index contributed by atoms with van der Waals surface area (Å²) in [5.74, 6) is 1.67. The second-order valence-electron chi connectivity index (χ2n) is 5.34. The van der Waals surface area contributed by atoms with Crippen LogP contribution in [0.15, 0.2) is 43.0 Å². The third kappa shape index (κ3) is 2.23. The zero-order valence-corrected chi connectivity index (χ0v) is 11.6. The number of aromatic nitrogens is 4. The maximum Gasteiger partial charge on any atom is 0.162 e. The van der Waals surface area contributed by atoms with E-state index in [2.05, 4.69) is 19.9 Å². The molecule has 0 aliphatic carbocycles. The van der Waals surface area contributed by atoms with Gasteiger partial charge in [0.25, 0.3) is 0 Å². The lowest BCUT2D eigenvalue weighted by molar-refractivity contribution is 0.751. The molecule has 21 heavy (non-hydrogen) atoms. The van der Waals surface area contributed by atoms with Crippen molar-refractivity contribution in [3.8, 4) is 11.4 Å². The summed E-state index contributed by atoms with van der Waals surface area (Å²) in [6.45, 7) is 1.81. The minimum absolute atomic E-state index is 0.241. The number of hydrogen-bond acceptors (Lipinski definition) is 5. The zero-order valence-electron chi connectivity index (χ0n) is 11.6. The highest BCUT2D eigenvalue weighted by Crippen LogP contribution is 2.21. The van der Waals surface area contributed by atoms with Crippen molar-refractivity contribution in [1.29, 1.82) is 0 Å². The zero-order chi connectivity index (χ0) is 14.2. The summed E-state index contributed by atoms with van der Waals surface area (Å²) in [4.78, 5) is 15.5. The van der Waals surface area contributed by atoms with Crippen LogP contribution in [0.5, 0.6) is 0 Å². The van der Waals surface area contributed by atoms with Crippen LogP contribution < -0.4 is 10.6 Å². The van der Waals surface area contributed by atoms with Gasteiger partial charge in [-0.05, 0) is 24.6 Å². The van der Waals surface area contributed by atoms with E-state index in [1.807, 2.05) is 35.0 Å². The first-order chi connectivity index (χ1) is 10.3. The number of pyridine rings is 1. The van der Waals surface area contributed by atoms with Gasteiger partial charge in [-0.25, -0.2) is 15.0 Å². The van der Waals surface area contributed by atoms with Gasteiger partial charge in [0, 0.05) is 49.5 Å². The lowest BCUT2D eigenvalue weighted by Crippen LogP contribution is -2.26. The van der Waals surface area contributed by atoms with Crippen LogP contribution >= 0.6 is 0 Å². The summed E-state index contributed by atoms with van der Waals surface area (Å²) in [5, 5.41) is 0. The molecule has 0 spiro atoms. The van der Waals surface area contributed by atoms with Crippen LogP contribution in [0.2, 0.25) is 0 Å². The summed E-state index contributed by atoms with van der Waals surface area (Å²) in [6.07, 6.45) is 8.52. The Morgan fingerprint density at radius 2 is 2.10 bits per heavy atom. The van der Waals surface area contributed by atoms with Crippen molar-refractivity contribution in [2.24, 2.45) is 5.73 Å². The van der Waals surface area contributed by atoms with Crippen molar-refractivity contribution in [3.05, 3.63) is 43.0 Å². The van der Waals surface area contributed by atoms with E-state index in [-0.39, 0.29) is 6.04 Å². The van der Waals surface area contributed by atoms with Gasteiger partial charge in [-0.2, -0.15) is 0 Å². The molecule has 1 aliphatic heterocycles. The predicted octanol–water partition coefficient (Wildman–Crippen LogP) is 1.33. The second kappa shape index (κ2) is 4.82. The topological polar surface area (TPSA) is 72.3 Å². The van der Waals surface area contributed by atoms with Gasteiger partial charge in [-0.15, -0.1) is 0 Å². The fourth-order valence-corrected chi connectivity index (χ4v) is 2.71. The Morgan fingerprint density at radius 1 is 1.14 bits per heavy atom. The summed E-state index contributed by atoms with van der Waals surface area (Å²) < 4.78 is 1.97. The van der Waals surface area contributed by atoms with Gasteiger partial charge >= 0.3 is 0 Å². The maximum absolute atomic E-state index is 5.97. The first-order valence-electron chi connectivity index (χ1n) is 7.06. The normalized spacial score (nSPS) is 18.5. The number of nitrogens with zero attached hydrogens (tertiary/aromatic N) is 5. The molecule has 6 heteroatoms. The van der Waals surface area contributed by atoms with E-state index >= 15 is 0 Å². The Labute approximate surface area is 122 Å². The molecule has 106 valence electrons. The minimum atomic E-state index is 0.241. The van der Waals surface area contributed by atoms with Crippen molar-refractivity contribution < 1.29 is 0 Å². The third-order valence-corrected chi connectivity index (χ3v) is 3.84. The monoisotopic (exact) mass is 280 g/mol. The van der Waals surface area contributed by atoms with Crippen LogP contribution in [-0.2, 0) is 0 Å². The lowest BCUT2D eigenvalue weighted by Gasteiger charge is -2.17.